The van der Waals surface area contributed by atoms with Crippen molar-refractivity contribution in [3.63, 3.8) is 0 Å². The lowest BCUT2D eigenvalue weighted by Crippen LogP contribution is -2.39. The standard InChI is InChI=1S/C26H25FN4O3S2/c1-26(2)11-17-18(12-34-26)23(31-7-9-33-10-8-31)30-24-20(17)21-22(36-24)25(29-14-28-21)35-13-19(32)15-3-5-16(27)6-4-15/h3-6,14H,7-13H2,1-2H3. The van der Waals surface area contributed by atoms with Crippen molar-refractivity contribution in [2.24, 2.45) is 0 Å². The number of morpholine rings is 1. The molecule has 186 valence electrons. The third kappa shape index (κ3) is 4.36. The number of hydrogen-bond donors (Lipinski definition) is 0. The highest BCUT2D eigenvalue weighted by Gasteiger charge is 2.33. The Morgan fingerprint density at radius 1 is 1.17 bits per heavy atom. The highest BCUT2D eigenvalue weighted by atomic mass is 32.2. The Hall–Kier alpha value is -2.66. The van der Waals surface area contributed by atoms with E-state index in [1.807, 2.05) is 0 Å². The van der Waals surface area contributed by atoms with Crippen molar-refractivity contribution in [3.05, 3.63) is 53.1 Å². The average Bonchev–Trinajstić information content (AvgIpc) is 3.26. The number of benzene rings is 1. The summed E-state index contributed by atoms with van der Waals surface area (Å²) >= 11 is 2.95. The molecule has 0 N–H and O–H groups in total. The Morgan fingerprint density at radius 3 is 2.72 bits per heavy atom. The fourth-order valence-corrected chi connectivity index (χ4v) is 6.89. The van der Waals surface area contributed by atoms with Crippen LogP contribution in [0.25, 0.3) is 20.4 Å². The van der Waals surface area contributed by atoms with Crippen molar-refractivity contribution < 1.29 is 18.7 Å². The molecule has 3 aromatic heterocycles. The summed E-state index contributed by atoms with van der Waals surface area (Å²) in [6.07, 6.45) is 2.33. The van der Waals surface area contributed by atoms with Crippen molar-refractivity contribution in [2.45, 2.75) is 37.5 Å². The molecule has 36 heavy (non-hydrogen) atoms. The Morgan fingerprint density at radius 2 is 1.94 bits per heavy atom. The van der Waals surface area contributed by atoms with Crippen molar-refractivity contribution in [3.8, 4) is 0 Å². The van der Waals surface area contributed by atoms with Gasteiger partial charge in [0, 0.05) is 36.0 Å². The molecule has 0 atom stereocenters. The Kier molecular flexibility index (Phi) is 6.15. The molecular formula is C26H25FN4O3S2. The SMILES string of the molecule is CC1(C)Cc2c(c(N3CCOCC3)nc3sc4c(SCC(=O)c5ccc(F)cc5)ncnc4c23)CO1. The second-order valence-electron chi connectivity index (χ2n) is 9.57. The molecule has 2 aliphatic heterocycles. The first kappa shape index (κ1) is 23.7. The third-order valence-corrected chi connectivity index (χ3v) is 8.79. The predicted octanol–water partition coefficient (Wildman–Crippen LogP) is 5.04. The van der Waals surface area contributed by atoms with Crippen molar-refractivity contribution in [1.82, 2.24) is 15.0 Å². The zero-order valence-electron chi connectivity index (χ0n) is 20.0. The molecule has 1 saturated heterocycles. The van der Waals surface area contributed by atoms with E-state index in [2.05, 4.69) is 28.7 Å². The highest BCUT2D eigenvalue weighted by Crippen LogP contribution is 2.44. The zero-order chi connectivity index (χ0) is 24.9. The van der Waals surface area contributed by atoms with Crippen molar-refractivity contribution >= 4 is 55.1 Å². The molecule has 4 aromatic rings. The van der Waals surface area contributed by atoms with Gasteiger partial charge in [-0.05, 0) is 43.7 Å². The van der Waals surface area contributed by atoms with Gasteiger partial charge in [0.15, 0.2) is 5.78 Å². The molecule has 10 heteroatoms. The lowest BCUT2D eigenvalue weighted by atomic mass is 9.90. The van der Waals surface area contributed by atoms with Crippen LogP contribution in [0, 0.1) is 5.82 Å². The van der Waals surface area contributed by atoms with Gasteiger partial charge in [-0.15, -0.1) is 11.3 Å². The minimum atomic E-state index is -0.358. The van der Waals surface area contributed by atoms with Gasteiger partial charge in [-0.2, -0.15) is 0 Å². The van der Waals surface area contributed by atoms with Crippen LogP contribution in [0.15, 0.2) is 35.6 Å². The molecule has 0 amide bonds. The maximum atomic E-state index is 13.2. The summed E-state index contributed by atoms with van der Waals surface area (Å²) in [7, 11) is 0. The summed E-state index contributed by atoms with van der Waals surface area (Å²) in [6, 6.07) is 5.64. The number of pyridine rings is 1. The van der Waals surface area contributed by atoms with Gasteiger partial charge in [-0.25, -0.2) is 19.3 Å². The summed E-state index contributed by atoms with van der Waals surface area (Å²) < 4.78 is 25.9. The van der Waals surface area contributed by atoms with Gasteiger partial charge < -0.3 is 14.4 Å². The Bertz CT molecular complexity index is 1470. The first-order chi connectivity index (χ1) is 17.4. The normalized spacial score (nSPS) is 17.5. The molecule has 0 spiro atoms. The number of carbonyl (C=O) groups is 1. The number of thioether (sulfide) groups is 1. The summed E-state index contributed by atoms with van der Waals surface area (Å²) in [5, 5.41) is 1.82. The molecule has 6 rings (SSSR count). The number of nitrogens with zero attached hydrogens (tertiary/aromatic N) is 4. The second kappa shape index (κ2) is 9.33. The van der Waals surface area contributed by atoms with Gasteiger partial charge in [0.1, 0.15) is 27.8 Å². The molecule has 0 radical (unpaired) electrons. The average molecular weight is 525 g/mol. The summed E-state index contributed by atoms with van der Waals surface area (Å²) in [6.45, 7) is 7.69. The first-order valence-corrected chi connectivity index (χ1v) is 13.7. The topological polar surface area (TPSA) is 77.4 Å². The number of ketones is 1. The lowest BCUT2D eigenvalue weighted by molar-refractivity contribution is -0.0396. The van der Waals surface area contributed by atoms with Crippen LogP contribution in [0.4, 0.5) is 10.2 Å². The van der Waals surface area contributed by atoms with Crippen LogP contribution >= 0.6 is 23.1 Å². The van der Waals surface area contributed by atoms with Gasteiger partial charge in [0.05, 0.1) is 41.4 Å². The molecular weight excluding hydrogens is 499 g/mol. The maximum Gasteiger partial charge on any atom is 0.173 e. The largest absolute Gasteiger partial charge is 0.378 e. The summed E-state index contributed by atoms with van der Waals surface area (Å²) in [5.41, 5.74) is 3.43. The second-order valence-corrected chi connectivity index (χ2v) is 11.5. The fraction of sp³-hybridized carbons (Fsp3) is 0.385. The first-order valence-electron chi connectivity index (χ1n) is 11.9. The van der Waals surface area contributed by atoms with E-state index in [0.29, 0.717) is 25.4 Å². The highest BCUT2D eigenvalue weighted by molar-refractivity contribution is 8.00. The van der Waals surface area contributed by atoms with Gasteiger partial charge >= 0.3 is 0 Å². The monoisotopic (exact) mass is 524 g/mol. The number of thiophene rings is 1. The third-order valence-electron chi connectivity index (χ3n) is 6.59. The number of aromatic nitrogens is 3. The summed E-state index contributed by atoms with van der Waals surface area (Å²) in [5.74, 6) is 0.744. The van der Waals surface area contributed by atoms with E-state index in [1.165, 1.54) is 41.6 Å². The van der Waals surface area contributed by atoms with E-state index in [4.69, 9.17) is 14.5 Å². The molecule has 7 nitrogen and oxygen atoms in total. The fourth-order valence-electron chi connectivity index (χ4n) is 4.76. The van der Waals surface area contributed by atoms with E-state index < -0.39 is 0 Å². The zero-order valence-corrected chi connectivity index (χ0v) is 21.7. The van der Waals surface area contributed by atoms with Crippen LogP contribution < -0.4 is 4.90 Å². The number of carbonyl (C=O) groups excluding carboxylic acids is 1. The van der Waals surface area contributed by atoms with Crippen LogP contribution in [0.2, 0.25) is 0 Å². The molecule has 0 aliphatic carbocycles. The number of halogens is 1. The molecule has 1 fully saturated rings. The predicted molar refractivity (Wildman–Crippen MR) is 140 cm³/mol. The van der Waals surface area contributed by atoms with Crippen molar-refractivity contribution in [2.75, 3.05) is 37.0 Å². The Balaban J connectivity index is 1.42. The minimum absolute atomic E-state index is 0.0723. The van der Waals surface area contributed by atoms with E-state index in [9.17, 15) is 9.18 Å². The van der Waals surface area contributed by atoms with Crippen molar-refractivity contribution in [1.29, 1.82) is 0 Å². The van der Waals surface area contributed by atoms with Crippen LogP contribution in [0.1, 0.15) is 35.3 Å². The molecule has 2 aliphatic rings. The van der Waals surface area contributed by atoms with Gasteiger partial charge in [-0.3, -0.25) is 4.79 Å². The van der Waals surface area contributed by atoms with Crippen LogP contribution in [0.3, 0.4) is 0 Å². The molecule has 0 saturated carbocycles. The van der Waals surface area contributed by atoms with E-state index in [1.54, 1.807) is 17.7 Å². The molecule has 0 unspecified atom stereocenters. The number of rotatable bonds is 5. The van der Waals surface area contributed by atoms with Crippen LogP contribution in [-0.4, -0.2) is 58.4 Å². The number of ether oxygens (including phenoxy) is 2. The van der Waals surface area contributed by atoms with Gasteiger partial charge in [0.2, 0.25) is 0 Å². The van der Waals surface area contributed by atoms with Gasteiger partial charge in [0.25, 0.3) is 0 Å². The number of hydrogen-bond acceptors (Lipinski definition) is 9. The molecule has 0 bridgehead atoms. The van der Waals surface area contributed by atoms with E-state index in [-0.39, 0.29) is 23.0 Å². The smallest absolute Gasteiger partial charge is 0.173 e. The van der Waals surface area contributed by atoms with Crippen LogP contribution in [0.5, 0.6) is 0 Å². The number of fused-ring (bicyclic) bond motifs is 5. The quantitative estimate of drug-likeness (QED) is 0.204. The Labute approximate surface area is 216 Å². The molecule has 5 heterocycles. The number of anilines is 1. The minimum Gasteiger partial charge on any atom is -0.378 e. The maximum absolute atomic E-state index is 13.2. The lowest BCUT2D eigenvalue weighted by Gasteiger charge is -2.36. The summed E-state index contributed by atoms with van der Waals surface area (Å²) in [4.78, 5) is 30.2. The number of Topliss-reactive ketones (excluding diaryl/α,β-unsaturated/α-hetero) is 1. The van der Waals surface area contributed by atoms with Gasteiger partial charge in [-0.1, -0.05) is 11.8 Å². The van der Waals surface area contributed by atoms with E-state index >= 15 is 0 Å². The van der Waals surface area contributed by atoms with E-state index in [0.717, 1.165) is 56.4 Å². The van der Waals surface area contributed by atoms with Crippen LogP contribution in [-0.2, 0) is 22.5 Å². The molecule has 1 aromatic carbocycles.